The second-order valence-corrected chi connectivity index (χ2v) is 2.71. The van der Waals surface area contributed by atoms with Crippen molar-refractivity contribution in [3.8, 4) is 0 Å². The monoisotopic (exact) mass is 174 g/mol. The number of aromatic nitrogens is 1. The molecule has 1 N–H and O–H groups in total. The zero-order valence-electron chi connectivity index (χ0n) is 7.32. The maximum absolute atomic E-state index is 4.62. The lowest BCUT2D eigenvalue weighted by molar-refractivity contribution is 0.215. The number of para-hydroxylation sites is 1. The van der Waals surface area contributed by atoms with Crippen LogP contribution >= 0.6 is 0 Å². The molecule has 66 valence electrons. The Balaban J connectivity index is 2.52. The minimum atomic E-state index is 1.04. The number of fused-ring (bicyclic) bond motifs is 1. The second-order valence-electron chi connectivity index (χ2n) is 2.71. The topological polar surface area (TPSA) is 37.4 Å². The highest BCUT2D eigenvalue weighted by Crippen LogP contribution is 2.15. The number of hydrogen-bond acceptors (Lipinski definition) is 2. The molecule has 0 saturated heterocycles. The van der Waals surface area contributed by atoms with Crippen LogP contribution in [0.4, 0.5) is 0 Å². The molecular weight excluding hydrogens is 164 g/mol. The summed E-state index contributed by atoms with van der Waals surface area (Å²) in [5, 5.41) is 4.88. The first-order valence-corrected chi connectivity index (χ1v) is 4.04. The molecule has 0 aliphatic carbocycles. The van der Waals surface area contributed by atoms with Gasteiger partial charge in [-0.1, -0.05) is 23.4 Å². The number of benzene rings is 1. The smallest absolute Gasteiger partial charge is 0.106 e. The summed E-state index contributed by atoms with van der Waals surface area (Å²) >= 11 is 0. The molecule has 1 heterocycles. The molecule has 0 spiro atoms. The molecule has 2 rings (SSSR count). The molecule has 13 heavy (non-hydrogen) atoms. The fraction of sp³-hybridized carbons (Fsp3) is 0.100. The van der Waals surface area contributed by atoms with Crippen LogP contribution in [0.25, 0.3) is 10.9 Å². The van der Waals surface area contributed by atoms with Gasteiger partial charge in [-0.15, -0.1) is 0 Å². The highest BCUT2D eigenvalue weighted by molar-refractivity contribution is 5.98. The molecule has 0 radical (unpaired) electrons. The van der Waals surface area contributed by atoms with Crippen molar-refractivity contribution in [1.82, 2.24) is 4.98 Å². The summed E-state index contributed by atoms with van der Waals surface area (Å²) in [5.41, 5.74) is 2.15. The van der Waals surface area contributed by atoms with Gasteiger partial charge in [0.2, 0.25) is 0 Å². The van der Waals surface area contributed by atoms with Crippen molar-refractivity contribution < 1.29 is 4.84 Å². The van der Waals surface area contributed by atoms with Gasteiger partial charge in [-0.2, -0.15) is 0 Å². The lowest BCUT2D eigenvalue weighted by atomic mass is 10.2. The van der Waals surface area contributed by atoms with Crippen LogP contribution in [-0.4, -0.2) is 18.3 Å². The highest BCUT2D eigenvalue weighted by Gasteiger charge is 1.98. The first-order chi connectivity index (χ1) is 6.42. The lowest BCUT2D eigenvalue weighted by Crippen LogP contribution is -1.77. The van der Waals surface area contributed by atoms with Gasteiger partial charge < -0.3 is 9.82 Å². The molecule has 0 bridgehead atoms. The Morgan fingerprint density at radius 2 is 2.23 bits per heavy atom. The van der Waals surface area contributed by atoms with Crippen LogP contribution in [0.1, 0.15) is 5.56 Å². The van der Waals surface area contributed by atoms with E-state index in [9.17, 15) is 0 Å². The zero-order valence-corrected chi connectivity index (χ0v) is 7.32. The third kappa shape index (κ3) is 1.40. The van der Waals surface area contributed by atoms with Gasteiger partial charge in [-0.05, 0) is 6.07 Å². The van der Waals surface area contributed by atoms with Crippen LogP contribution < -0.4 is 0 Å². The summed E-state index contributed by atoms with van der Waals surface area (Å²) in [5.74, 6) is 0. The number of nitrogens with one attached hydrogen (secondary N) is 1. The van der Waals surface area contributed by atoms with Crippen LogP contribution in [0.2, 0.25) is 0 Å². The predicted octanol–water partition coefficient (Wildman–Crippen LogP) is 2.15. The van der Waals surface area contributed by atoms with Crippen molar-refractivity contribution in [2.75, 3.05) is 7.11 Å². The Labute approximate surface area is 76.0 Å². The average Bonchev–Trinajstić information content (AvgIpc) is 2.58. The summed E-state index contributed by atoms with van der Waals surface area (Å²) in [6.07, 6.45) is 3.60. The maximum atomic E-state index is 4.62. The van der Waals surface area contributed by atoms with Crippen molar-refractivity contribution in [2.45, 2.75) is 0 Å². The van der Waals surface area contributed by atoms with Gasteiger partial charge in [0, 0.05) is 22.7 Å². The fourth-order valence-corrected chi connectivity index (χ4v) is 1.31. The normalized spacial score (nSPS) is 11.2. The standard InChI is InChI=1S/C10H10N2O/c1-13-12-7-8-6-11-10-5-3-2-4-9(8)10/h2-7,11H,1H3/b12-7+. The van der Waals surface area contributed by atoms with Crippen LogP contribution in [0, 0.1) is 0 Å². The minimum absolute atomic E-state index is 1.04. The first-order valence-electron chi connectivity index (χ1n) is 4.04. The van der Waals surface area contributed by atoms with Crippen LogP contribution in [0.5, 0.6) is 0 Å². The number of hydrogen-bond donors (Lipinski definition) is 1. The number of H-pyrrole nitrogens is 1. The molecule has 0 amide bonds. The number of nitrogens with zero attached hydrogens (tertiary/aromatic N) is 1. The van der Waals surface area contributed by atoms with E-state index in [2.05, 4.69) is 15.0 Å². The number of rotatable bonds is 2. The summed E-state index contributed by atoms with van der Waals surface area (Å²) < 4.78 is 0. The average molecular weight is 174 g/mol. The minimum Gasteiger partial charge on any atom is -0.399 e. The molecule has 3 nitrogen and oxygen atoms in total. The van der Waals surface area contributed by atoms with E-state index in [4.69, 9.17) is 0 Å². The quantitative estimate of drug-likeness (QED) is 0.549. The molecule has 0 atom stereocenters. The molecule has 3 heteroatoms. The van der Waals surface area contributed by atoms with Gasteiger partial charge in [0.05, 0.1) is 6.21 Å². The van der Waals surface area contributed by atoms with Crippen molar-refractivity contribution in [2.24, 2.45) is 5.16 Å². The van der Waals surface area contributed by atoms with Gasteiger partial charge in [0.1, 0.15) is 7.11 Å². The Hall–Kier alpha value is -1.77. The first kappa shape index (κ1) is 7.86. The van der Waals surface area contributed by atoms with Crippen molar-refractivity contribution in [3.63, 3.8) is 0 Å². The predicted molar refractivity (Wildman–Crippen MR) is 52.9 cm³/mol. The van der Waals surface area contributed by atoms with E-state index in [1.807, 2.05) is 30.5 Å². The zero-order chi connectivity index (χ0) is 9.10. The van der Waals surface area contributed by atoms with Gasteiger partial charge in [-0.25, -0.2) is 0 Å². The lowest BCUT2D eigenvalue weighted by Gasteiger charge is -1.89. The SMILES string of the molecule is CO/N=C/c1c[nH]c2ccccc12. The maximum Gasteiger partial charge on any atom is 0.106 e. The number of oxime groups is 1. The fourth-order valence-electron chi connectivity index (χ4n) is 1.31. The molecule has 0 fully saturated rings. The van der Waals surface area contributed by atoms with E-state index in [0.29, 0.717) is 0 Å². The van der Waals surface area contributed by atoms with Gasteiger partial charge in [-0.3, -0.25) is 0 Å². The van der Waals surface area contributed by atoms with Crippen molar-refractivity contribution in [1.29, 1.82) is 0 Å². The van der Waals surface area contributed by atoms with E-state index < -0.39 is 0 Å². The van der Waals surface area contributed by atoms with Gasteiger partial charge in [0.25, 0.3) is 0 Å². The molecule has 1 aromatic carbocycles. The summed E-state index contributed by atoms with van der Waals surface area (Å²) in [4.78, 5) is 7.77. The van der Waals surface area contributed by atoms with Crippen LogP contribution in [0.3, 0.4) is 0 Å². The molecule has 0 aliphatic heterocycles. The Morgan fingerprint density at radius 1 is 1.38 bits per heavy atom. The van der Waals surface area contributed by atoms with E-state index in [1.165, 1.54) is 7.11 Å². The third-order valence-electron chi connectivity index (χ3n) is 1.92. The third-order valence-corrected chi connectivity index (χ3v) is 1.92. The largest absolute Gasteiger partial charge is 0.399 e. The molecule has 2 aromatic rings. The molecule has 1 aromatic heterocycles. The molecule has 0 aliphatic rings. The summed E-state index contributed by atoms with van der Waals surface area (Å²) in [6, 6.07) is 8.07. The van der Waals surface area contributed by atoms with Crippen LogP contribution in [-0.2, 0) is 4.84 Å². The van der Waals surface area contributed by atoms with E-state index in [0.717, 1.165) is 16.5 Å². The van der Waals surface area contributed by atoms with Gasteiger partial charge in [0.15, 0.2) is 0 Å². The van der Waals surface area contributed by atoms with E-state index >= 15 is 0 Å². The van der Waals surface area contributed by atoms with Crippen molar-refractivity contribution >= 4 is 17.1 Å². The Kier molecular flexibility index (Phi) is 2.00. The second kappa shape index (κ2) is 3.31. The summed E-state index contributed by atoms with van der Waals surface area (Å²) in [7, 11) is 1.53. The van der Waals surface area contributed by atoms with E-state index in [1.54, 1.807) is 6.21 Å². The Morgan fingerprint density at radius 3 is 3.08 bits per heavy atom. The summed E-state index contributed by atoms with van der Waals surface area (Å²) in [6.45, 7) is 0. The van der Waals surface area contributed by atoms with Crippen molar-refractivity contribution in [3.05, 3.63) is 36.0 Å². The van der Waals surface area contributed by atoms with Crippen LogP contribution in [0.15, 0.2) is 35.6 Å². The van der Waals surface area contributed by atoms with E-state index in [-0.39, 0.29) is 0 Å². The Bertz CT molecular complexity index is 431. The van der Waals surface area contributed by atoms with Gasteiger partial charge >= 0.3 is 0 Å². The molecule has 0 unspecified atom stereocenters. The molecular formula is C10H10N2O. The highest BCUT2D eigenvalue weighted by atomic mass is 16.6. The number of aromatic amines is 1. The molecule has 0 saturated carbocycles.